The Morgan fingerprint density at radius 2 is 1.80 bits per heavy atom. The van der Waals surface area contributed by atoms with Gasteiger partial charge in [0.2, 0.25) is 11.8 Å². The number of piperidine rings is 2. The molecule has 8 nitrogen and oxygen atoms in total. The maximum atomic E-state index is 13.8. The number of carbonyl (C=O) groups excluding carboxylic acids is 3. The van der Waals surface area contributed by atoms with Gasteiger partial charge in [0.1, 0.15) is 0 Å². The van der Waals surface area contributed by atoms with Gasteiger partial charge < -0.3 is 15.1 Å². The van der Waals surface area contributed by atoms with Crippen molar-refractivity contribution >= 4 is 35.0 Å². The zero-order valence-electron chi connectivity index (χ0n) is 23.5. The Morgan fingerprint density at radius 1 is 1.07 bits per heavy atom. The Kier molecular flexibility index (Phi) is 9.06. The van der Waals surface area contributed by atoms with E-state index in [2.05, 4.69) is 15.2 Å². The van der Waals surface area contributed by atoms with Crippen LogP contribution in [0.4, 0.5) is 5.69 Å². The first kappa shape index (κ1) is 28.6. The van der Waals surface area contributed by atoms with Gasteiger partial charge in [-0.25, -0.2) is 0 Å². The van der Waals surface area contributed by atoms with Crippen molar-refractivity contribution in [3.05, 3.63) is 58.9 Å². The minimum Gasteiger partial charge on any atom is -0.349 e. The van der Waals surface area contributed by atoms with E-state index in [1.807, 2.05) is 34.9 Å². The first-order valence-electron chi connectivity index (χ1n) is 14.6. The standard InChI is InChI=1S/C31H40ClN5O3/c1-21-6-7-28(19-29(21)32)37(31(40)23-10-15-35(16-11-23)22(2)38)14-4-13-36-26-8-9-27(36)18-25(17-26)34-30(39)24-5-3-12-33-20-24/h3,5-7,12,19-20,23,25-27H,4,8-11,13-18H2,1-2H3,(H,34,39). The smallest absolute Gasteiger partial charge is 0.253 e. The molecular weight excluding hydrogens is 526 g/mol. The van der Waals surface area contributed by atoms with Crippen molar-refractivity contribution in [3.63, 3.8) is 0 Å². The van der Waals surface area contributed by atoms with Gasteiger partial charge in [0.05, 0.1) is 5.56 Å². The highest BCUT2D eigenvalue weighted by Gasteiger charge is 2.41. The number of hydrogen-bond acceptors (Lipinski definition) is 5. The van der Waals surface area contributed by atoms with Gasteiger partial charge in [0.25, 0.3) is 5.91 Å². The molecule has 0 radical (unpaired) electrons. The van der Waals surface area contributed by atoms with E-state index in [1.165, 1.54) is 0 Å². The number of carbonyl (C=O) groups is 3. The summed E-state index contributed by atoms with van der Waals surface area (Å²) in [5.41, 5.74) is 2.43. The number of nitrogens with one attached hydrogen (secondary N) is 1. The van der Waals surface area contributed by atoms with Crippen LogP contribution in [-0.2, 0) is 9.59 Å². The predicted octanol–water partition coefficient (Wildman–Crippen LogP) is 4.45. The number of hydrogen-bond donors (Lipinski definition) is 1. The van der Waals surface area contributed by atoms with E-state index >= 15 is 0 Å². The number of benzene rings is 1. The summed E-state index contributed by atoms with van der Waals surface area (Å²) in [6.45, 7) is 6.36. The molecule has 2 aromatic rings. The molecule has 214 valence electrons. The van der Waals surface area contributed by atoms with Crippen LogP contribution >= 0.6 is 11.6 Å². The monoisotopic (exact) mass is 565 g/mol. The van der Waals surface area contributed by atoms with Crippen LogP contribution in [-0.4, -0.2) is 76.8 Å². The Morgan fingerprint density at radius 3 is 2.42 bits per heavy atom. The topological polar surface area (TPSA) is 85.9 Å². The molecule has 2 unspecified atom stereocenters. The molecule has 2 atom stereocenters. The van der Waals surface area contributed by atoms with Crippen molar-refractivity contribution in [3.8, 4) is 0 Å². The highest BCUT2D eigenvalue weighted by atomic mass is 35.5. The van der Waals surface area contributed by atoms with Gasteiger partial charge in [-0.05, 0) is 81.7 Å². The number of halogens is 1. The molecule has 0 aliphatic carbocycles. The molecule has 3 aliphatic heterocycles. The lowest BCUT2D eigenvalue weighted by atomic mass is 9.94. The summed E-state index contributed by atoms with van der Waals surface area (Å²) in [6, 6.07) is 10.5. The molecule has 4 heterocycles. The Balaban J connectivity index is 1.19. The van der Waals surface area contributed by atoms with E-state index in [0.717, 1.165) is 49.9 Å². The predicted molar refractivity (Wildman–Crippen MR) is 156 cm³/mol. The van der Waals surface area contributed by atoms with Gasteiger partial charge in [0, 0.05) is 80.2 Å². The van der Waals surface area contributed by atoms with Crippen LogP contribution in [0.25, 0.3) is 0 Å². The number of fused-ring (bicyclic) bond motifs is 2. The highest BCUT2D eigenvalue weighted by Crippen LogP contribution is 2.36. The van der Waals surface area contributed by atoms with Crippen molar-refractivity contribution in [2.75, 3.05) is 31.1 Å². The molecular formula is C31H40ClN5O3. The fourth-order valence-electron chi connectivity index (χ4n) is 6.71. The van der Waals surface area contributed by atoms with Crippen molar-refractivity contribution < 1.29 is 14.4 Å². The summed E-state index contributed by atoms with van der Waals surface area (Å²) in [7, 11) is 0. The molecule has 5 rings (SSSR count). The van der Waals surface area contributed by atoms with Gasteiger partial charge in [-0.1, -0.05) is 17.7 Å². The van der Waals surface area contributed by atoms with Crippen LogP contribution < -0.4 is 10.2 Å². The maximum absolute atomic E-state index is 13.8. The Bertz CT molecular complexity index is 1200. The second-order valence-electron chi connectivity index (χ2n) is 11.6. The third kappa shape index (κ3) is 6.50. The van der Waals surface area contributed by atoms with Gasteiger partial charge >= 0.3 is 0 Å². The van der Waals surface area contributed by atoms with Crippen molar-refractivity contribution in [1.29, 1.82) is 0 Å². The normalized spacial score (nSPS) is 23.2. The van der Waals surface area contributed by atoms with E-state index in [1.54, 1.807) is 31.5 Å². The second-order valence-corrected chi connectivity index (χ2v) is 12.0. The zero-order valence-corrected chi connectivity index (χ0v) is 24.3. The average Bonchev–Trinajstić information content (AvgIpc) is 3.20. The molecule has 0 spiro atoms. The van der Waals surface area contributed by atoms with E-state index in [9.17, 15) is 14.4 Å². The number of pyridine rings is 1. The Labute approximate surface area is 242 Å². The number of aromatic nitrogens is 1. The number of rotatable bonds is 8. The number of anilines is 1. The molecule has 3 saturated heterocycles. The third-order valence-electron chi connectivity index (χ3n) is 8.96. The first-order chi connectivity index (χ1) is 19.3. The van der Waals surface area contributed by atoms with Crippen molar-refractivity contribution in [1.82, 2.24) is 20.1 Å². The molecule has 3 amide bonds. The summed E-state index contributed by atoms with van der Waals surface area (Å²) in [5, 5.41) is 3.89. The number of amides is 3. The third-order valence-corrected chi connectivity index (χ3v) is 9.37. The van der Waals surface area contributed by atoms with Gasteiger partial charge in [-0.15, -0.1) is 0 Å². The van der Waals surface area contributed by atoms with Gasteiger partial charge in [0.15, 0.2) is 0 Å². The van der Waals surface area contributed by atoms with E-state index < -0.39 is 0 Å². The molecule has 0 saturated carbocycles. The largest absolute Gasteiger partial charge is 0.349 e. The molecule has 1 aromatic carbocycles. The van der Waals surface area contributed by atoms with Crippen LogP contribution in [0.1, 0.15) is 67.8 Å². The minimum atomic E-state index is -0.0916. The maximum Gasteiger partial charge on any atom is 0.253 e. The van der Waals surface area contributed by atoms with Gasteiger partial charge in [-0.2, -0.15) is 0 Å². The minimum absolute atomic E-state index is 0.0500. The number of nitrogens with zero attached hydrogens (tertiary/aromatic N) is 4. The van der Waals surface area contributed by atoms with E-state index in [-0.39, 0.29) is 29.7 Å². The molecule has 2 bridgehead atoms. The molecule has 1 aromatic heterocycles. The van der Waals surface area contributed by atoms with E-state index in [0.29, 0.717) is 55.1 Å². The SMILES string of the molecule is CC(=O)N1CCC(C(=O)N(CCCN2C3CCC2CC(NC(=O)c2cccnc2)C3)c2ccc(C)c(Cl)c2)CC1. The van der Waals surface area contributed by atoms with Crippen LogP contribution in [0.3, 0.4) is 0 Å². The van der Waals surface area contributed by atoms with Gasteiger partial charge in [-0.3, -0.25) is 24.3 Å². The fourth-order valence-corrected chi connectivity index (χ4v) is 6.89. The molecule has 3 aliphatic rings. The quantitative estimate of drug-likeness (QED) is 0.511. The molecule has 1 N–H and O–H groups in total. The zero-order chi connectivity index (χ0) is 28.2. The lowest BCUT2D eigenvalue weighted by Gasteiger charge is -2.39. The summed E-state index contributed by atoms with van der Waals surface area (Å²) in [4.78, 5) is 48.6. The fraction of sp³-hybridized carbons (Fsp3) is 0.548. The number of aryl methyl sites for hydroxylation is 1. The summed E-state index contributed by atoms with van der Waals surface area (Å²) < 4.78 is 0. The van der Waals surface area contributed by atoms with E-state index in [4.69, 9.17) is 11.6 Å². The Hall–Kier alpha value is -2.97. The summed E-state index contributed by atoms with van der Waals surface area (Å²) >= 11 is 6.47. The first-order valence-corrected chi connectivity index (χ1v) is 15.0. The lowest BCUT2D eigenvalue weighted by molar-refractivity contribution is -0.133. The van der Waals surface area contributed by atoms with Crippen LogP contribution in [0.5, 0.6) is 0 Å². The summed E-state index contributed by atoms with van der Waals surface area (Å²) in [6.07, 6.45) is 9.73. The highest BCUT2D eigenvalue weighted by molar-refractivity contribution is 6.31. The van der Waals surface area contributed by atoms with Crippen LogP contribution in [0.2, 0.25) is 5.02 Å². The van der Waals surface area contributed by atoms with Crippen molar-refractivity contribution in [2.24, 2.45) is 5.92 Å². The molecule has 3 fully saturated rings. The van der Waals surface area contributed by atoms with Crippen molar-refractivity contribution in [2.45, 2.75) is 76.9 Å². The number of likely N-dealkylation sites (tertiary alicyclic amines) is 1. The van der Waals surface area contributed by atoms with Crippen LogP contribution in [0, 0.1) is 12.8 Å². The molecule has 40 heavy (non-hydrogen) atoms. The van der Waals surface area contributed by atoms with Crippen LogP contribution in [0.15, 0.2) is 42.7 Å². The summed E-state index contributed by atoms with van der Waals surface area (Å²) in [5.74, 6) is 0.0584. The average molecular weight is 566 g/mol. The second kappa shape index (κ2) is 12.7. The molecule has 9 heteroatoms. The lowest BCUT2D eigenvalue weighted by Crippen LogP contribution is -2.51.